The number of nitrogens with two attached hydrogens (primary N) is 1. The Morgan fingerprint density at radius 3 is 2.08 bits per heavy atom. The minimum absolute atomic E-state index is 0. The van der Waals surface area contributed by atoms with Gasteiger partial charge < -0.3 is 10.2 Å². The quantitative estimate of drug-likeness (QED) is 0.0978. The summed E-state index contributed by atoms with van der Waals surface area (Å²) in [7, 11) is -8.53. The van der Waals surface area contributed by atoms with Crippen molar-refractivity contribution < 1.29 is 52.4 Å². The van der Waals surface area contributed by atoms with Gasteiger partial charge in [-0.25, -0.2) is 0 Å². The number of rotatable bonds is 7. The smallest absolute Gasteiger partial charge is 0.312 e. The van der Waals surface area contributed by atoms with Gasteiger partial charge in [0, 0.05) is 27.9 Å². The molecular weight excluding hydrogens is 585 g/mol. The van der Waals surface area contributed by atoms with E-state index in [1.165, 1.54) is 66.7 Å². The molecule has 0 aliphatic heterocycles. The molecule has 0 radical (unpaired) electrons. The van der Waals surface area contributed by atoms with Crippen LogP contribution in [0.3, 0.4) is 0 Å². The Hall–Kier alpha value is -3.79. The van der Waals surface area contributed by atoms with Gasteiger partial charge in [0.05, 0.1) is 21.2 Å². The summed E-state index contributed by atoms with van der Waals surface area (Å²) in [6, 6.07) is 15.9. The van der Waals surface area contributed by atoms with Crippen molar-refractivity contribution in [2.75, 3.05) is 0 Å². The first kappa shape index (κ1) is 28.8. The van der Waals surface area contributed by atoms with Crippen LogP contribution in [0.1, 0.15) is 0 Å². The Kier molecular flexibility index (Phi) is 8.56. The maximum atomic E-state index is 11.8. The number of aromatic hydroxyl groups is 2. The third-order valence-electron chi connectivity index (χ3n) is 4.97. The van der Waals surface area contributed by atoms with Crippen molar-refractivity contribution in [2.24, 2.45) is 26.4 Å². The Balaban J connectivity index is 0.00000400. The van der Waals surface area contributed by atoms with Crippen LogP contribution in [0.25, 0.3) is 10.8 Å². The zero-order valence-corrected chi connectivity index (χ0v) is 21.4. The molecule has 0 bridgehead atoms. The van der Waals surface area contributed by atoms with Crippen molar-refractivity contribution in [2.45, 2.75) is 9.79 Å². The SMILES string of the molecule is NOS(=O)(=O)c1ccc2c(N=Nc3ccc(N=Nc4cccc(S(=O)(=O)O)c4)cc3O)c(O)ccc2c1.[Ni]. The molecule has 0 spiro atoms. The van der Waals surface area contributed by atoms with Crippen molar-refractivity contribution in [1.82, 2.24) is 0 Å². The second-order valence-corrected chi connectivity index (χ2v) is 10.4. The summed E-state index contributed by atoms with van der Waals surface area (Å²) in [5, 5.41) is 37.1. The predicted octanol–water partition coefficient (Wildman–Crippen LogP) is 4.91. The van der Waals surface area contributed by atoms with Crippen LogP contribution in [0, 0.1) is 0 Å². The molecule has 4 rings (SSSR count). The van der Waals surface area contributed by atoms with E-state index in [1.807, 2.05) is 0 Å². The van der Waals surface area contributed by atoms with Crippen LogP contribution >= 0.6 is 0 Å². The first-order chi connectivity index (χ1) is 17.5. The first-order valence-corrected chi connectivity index (χ1v) is 13.0. The molecule has 13 nitrogen and oxygen atoms in total. The molecule has 0 aliphatic rings. The zero-order valence-electron chi connectivity index (χ0n) is 18.8. The second-order valence-electron chi connectivity index (χ2n) is 7.41. The summed E-state index contributed by atoms with van der Waals surface area (Å²) in [5.41, 5.74) is 0.410. The van der Waals surface area contributed by atoms with Gasteiger partial charge in [-0.2, -0.15) is 37.2 Å². The van der Waals surface area contributed by atoms with Gasteiger partial charge in [0.1, 0.15) is 22.9 Å². The van der Waals surface area contributed by atoms with Crippen LogP contribution in [0.5, 0.6) is 11.5 Å². The number of nitrogens with zero attached hydrogens (tertiary/aromatic N) is 4. The van der Waals surface area contributed by atoms with Crippen LogP contribution in [0.15, 0.2) is 103 Å². The normalized spacial score (nSPS) is 12.3. The van der Waals surface area contributed by atoms with E-state index in [2.05, 4.69) is 24.7 Å². The molecule has 4 aromatic carbocycles. The monoisotopic (exact) mass is 601 g/mol. The summed E-state index contributed by atoms with van der Waals surface area (Å²) >= 11 is 0. The van der Waals surface area contributed by atoms with E-state index < -0.39 is 20.2 Å². The molecule has 0 aromatic heterocycles. The molecule has 0 heterocycles. The fourth-order valence-electron chi connectivity index (χ4n) is 3.18. The van der Waals surface area contributed by atoms with Gasteiger partial charge in [-0.05, 0) is 53.9 Å². The fraction of sp³-hybridized carbons (Fsp3) is 0. The van der Waals surface area contributed by atoms with E-state index in [-0.39, 0.29) is 60.5 Å². The number of phenols is 2. The molecule has 4 aromatic rings. The summed E-state index contributed by atoms with van der Waals surface area (Å²) < 4.78 is 59.3. The summed E-state index contributed by atoms with van der Waals surface area (Å²) in [6.45, 7) is 0. The van der Waals surface area contributed by atoms with Gasteiger partial charge in [-0.1, -0.05) is 18.2 Å². The number of azo groups is 2. The minimum Gasteiger partial charge on any atom is -0.506 e. The van der Waals surface area contributed by atoms with Gasteiger partial charge in [0.25, 0.3) is 10.1 Å². The number of fused-ring (bicyclic) bond motifs is 1. The van der Waals surface area contributed by atoms with Crippen molar-refractivity contribution in [3.05, 3.63) is 72.8 Å². The van der Waals surface area contributed by atoms with Crippen molar-refractivity contribution in [1.29, 1.82) is 0 Å². The van der Waals surface area contributed by atoms with E-state index in [4.69, 9.17) is 10.4 Å². The molecule has 0 unspecified atom stereocenters. The third kappa shape index (κ3) is 6.37. The molecule has 0 saturated carbocycles. The number of benzene rings is 4. The summed E-state index contributed by atoms with van der Waals surface area (Å²) in [6.07, 6.45) is 0. The molecule has 5 N–H and O–H groups in total. The number of phenolic OH excluding ortho intramolecular Hbond substituents is 2. The van der Waals surface area contributed by atoms with E-state index in [0.29, 0.717) is 10.8 Å². The van der Waals surface area contributed by atoms with Gasteiger partial charge in [-0.3, -0.25) is 4.55 Å². The molecular formula is C22H17N5NiO8S2. The Morgan fingerprint density at radius 2 is 1.42 bits per heavy atom. The Morgan fingerprint density at radius 1 is 0.711 bits per heavy atom. The van der Waals surface area contributed by atoms with Crippen LogP contribution in [0.2, 0.25) is 0 Å². The molecule has 0 atom stereocenters. The molecule has 0 aliphatic carbocycles. The van der Waals surface area contributed by atoms with Crippen molar-refractivity contribution in [3.63, 3.8) is 0 Å². The maximum absolute atomic E-state index is 11.8. The molecule has 0 fully saturated rings. The molecule has 0 saturated heterocycles. The first-order valence-electron chi connectivity index (χ1n) is 10.1. The van der Waals surface area contributed by atoms with E-state index in [0.717, 1.165) is 6.07 Å². The van der Waals surface area contributed by atoms with Gasteiger partial charge >= 0.3 is 10.1 Å². The second kappa shape index (κ2) is 11.3. The predicted molar refractivity (Wildman–Crippen MR) is 131 cm³/mol. The standard InChI is InChI=1S/C22H17N5O8S2.Ni/c23-35-37(33,34)17-6-7-18-13(10-17)4-9-20(28)22(18)27-26-19-8-5-15(12-21(19)29)25-24-14-2-1-3-16(11-14)36(30,31)32;/h1-12,28-29H,23H2,(H,30,31,32);. The average molecular weight is 602 g/mol. The van der Waals surface area contributed by atoms with Crippen LogP contribution < -0.4 is 5.90 Å². The van der Waals surface area contributed by atoms with E-state index in [9.17, 15) is 27.0 Å². The van der Waals surface area contributed by atoms with Gasteiger partial charge in [0.15, 0.2) is 0 Å². The van der Waals surface area contributed by atoms with Crippen LogP contribution in [0.4, 0.5) is 22.7 Å². The van der Waals surface area contributed by atoms with Gasteiger partial charge in [0.2, 0.25) is 0 Å². The van der Waals surface area contributed by atoms with Crippen LogP contribution in [-0.2, 0) is 41.0 Å². The molecule has 16 heteroatoms. The van der Waals surface area contributed by atoms with E-state index in [1.54, 1.807) is 0 Å². The molecule has 200 valence electrons. The van der Waals surface area contributed by atoms with Crippen molar-refractivity contribution >= 4 is 53.8 Å². The third-order valence-corrected chi connectivity index (χ3v) is 6.90. The van der Waals surface area contributed by atoms with Crippen LogP contribution in [-0.4, -0.2) is 31.6 Å². The maximum Gasteiger partial charge on any atom is 0.312 e. The summed E-state index contributed by atoms with van der Waals surface area (Å²) in [4.78, 5) is -0.534. The largest absolute Gasteiger partial charge is 0.506 e. The molecule has 0 amide bonds. The Labute approximate surface area is 226 Å². The Bertz CT molecular complexity index is 1800. The number of hydrogen-bond donors (Lipinski definition) is 4. The van der Waals surface area contributed by atoms with Crippen molar-refractivity contribution in [3.8, 4) is 11.5 Å². The molecule has 38 heavy (non-hydrogen) atoms. The van der Waals surface area contributed by atoms with E-state index >= 15 is 0 Å². The van der Waals surface area contributed by atoms with Gasteiger partial charge in [-0.15, -0.1) is 10.2 Å². The number of hydrogen-bond acceptors (Lipinski definition) is 12. The minimum atomic E-state index is -4.40. The summed E-state index contributed by atoms with van der Waals surface area (Å²) in [5.74, 6) is 4.26. The zero-order chi connectivity index (χ0) is 26.8. The fourth-order valence-corrected chi connectivity index (χ4v) is 4.32. The topological polar surface area (TPSA) is 214 Å². The average Bonchev–Trinajstić information content (AvgIpc) is 2.87.